The second-order valence-corrected chi connectivity index (χ2v) is 6.23. The van der Waals surface area contributed by atoms with Crippen molar-refractivity contribution in [2.75, 3.05) is 19.2 Å². The van der Waals surface area contributed by atoms with Gasteiger partial charge in [0, 0.05) is 23.7 Å². The van der Waals surface area contributed by atoms with Gasteiger partial charge in [-0.15, -0.1) is 0 Å². The number of hydrogen-bond donors (Lipinski definition) is 1. The highest BCUT2D eigenvalue weighted by molar-refractivity contribution is 8.00. The molecule has 3 rings (SSSR count). The molecule has 0 amide bonds. The molecule has 1 fully saturated rings. The van der Waals surface area contributed by atoms with Crippen LogP contribution in [0.15, 0.2) is 18.2 Å². The summed E-state index contributed by atoms with van der Waals surface area (Å²) in [5, 5.41) is 0.570. The van der Waals surface area contributed by atoms with Crippen molar-refractivity contribution in [1.29, 1.82) is 0 Å². The third-order valence-electron chi connectivity index (χ3n) is 3.62. The lowest BCUT2D eigenvalue weighted by molar-refractivity contribution is 0.127. The van der Waals surface area contributed by atoms with E-state index in [1.54, 1.807) is 0 Å². The van der Waals surface area contributed by atoms with Crippen molar-refractivity contribution in [3.63, 3.8) is 0 Å². The average molecular weight is 281 g/mol. The second-order valence-electron chi connectivity index (χ2n) is 4.96. The number of benzene rings is 1. The van der Waals surface area contributed by atoms with Gasteiger partial charge in [-0.1, -0.05) is 6.07 Å². The third-order valence-corrected chi connectivity index (χ3v) is 5.22. The Labute approximate surface area is 117 Å². The maximum absolute atomic E-state index is 6.25. The van der Waals surface area contributed by atoms with Crippen LogP contribution >= 0.6 is 11.8 Å². The van der Waals surface area contributed by atoms with E-state index < -0.39 is 0 Å². The van der Waals surface area contributed by atoms with Gasteiger partial charge in [-0.3, -0.25) is 0 Å². The molecule has 104 valence electrons. The smallest absolute Gasteiger partial charge is 0.231 e. The fourth-order valence-corrected chi connectivity index (χ4v) is 3.66. The van der Waals surface area contributed by atoms with Crippen molar-refractivity contribution in [3.05, 3.63) is 23.8 Å². The highest BCUT2D eigenvalue weighted by atomic mass is 32.2. The molecule has 5 heteroatoms. The van der Waals surface area contributed by atoms with E-state index in [4.69, 9.17) is 19.9 Å². The second kappa shape index (κ2) is 5.61. The predicted octanol–water partition coefficient (Wildman–Crippen LogP) is 2.33. The molecule has 0 aromatic heterocycles. The van der Waals surface area contributed by atoms with Crippen LogP contribution in [0, 0.1) is 0 Å². The highest BCUT2D eigenvalue weighted by Crippen LogP contribution is 2.35. The van der Waals surface area contributed by atoms with Gasteiger partial charge in [0.15, 0.2) is 11.5 Å². The maximum Gasteiger partial charge on any atom is 0.231 e. The largest absolute Gasteiger partial charge is 0.454 e. The van der Waals surface area contributed by atoms with Gasteiger partial charge in [-0.25, -0.2) is 0 Å². The van der Waals surface area contributed by atoms with Crippen molar-refractivity contribution < 1.29 is 14.2 Å². The van der Waals surface area contributed by atoms with Crippen molar-refractivity contribution in [2.24, 2.45) is 5.73 Å². The molecule has 0 radical (unpaired) electrons. The van der Waals surface area contributed by atoms with Crippen LogP contribution in [0.4, 0.5) is 0 Å². The predicted molar refractivity (Wildman–Crippen MR) is 75.8 cm³/mol. The molecule has 2 aliphatic rings. The molecule has 0 saturated carbocycles. The summed E-state index contributed by atoms with van der Waals surface area (Å²) in [6, 6.07) is 5.96. The topological polar surface area (TPSA) is 53.7 Å². The van der Waals surface area contributed by atoms with Crippen LogP contribution in [0.2, 0.25) is 0 Å². The molecular formula is C14H19NO3S. The van der Waals surface area contributed by atoms with Crippen molar-refractivity contribution in [2.45, 2.75) is 30.7 Å². The quantitative estimate of drug-likeness (QED) is 0.918. The number of ether oxygens (including phenoxy) is 3. The molecule has 1 saturated heterocycles. The highest BCUT2D eigenvalue weighted by Gasteiger charge is 2.25. The fraction of sp³-hybridized carbons (Fsp3) is 0.571. The lowest BCUT2D eigenvalue weighted by Gasteiger charge is -2.17. The Hall–Kier alpha value is -0.910. The Morgan fingerprint density at radius 1 is 1.37 bits per heavy atom. The van der Waals surface area contributed by atoms with Crippen molar-refractivity contribution in [3.8, 4) is 11.5 Å². The van der Waals surface area contributed by atoms with Gasteiger partial charge >= 0.3 is 0 Å². The van der Waals surface area contributed by atoms with Gasteiger partial charge in [-0.05, 0) is 31.0 Å². The monoisotopic (exact) mass is 281 g/mol. The molecule has 2 aliphatic heterocycles. The number of thioether (sulfide) groups is 1. The third kappa shape index (κ3) is 2.83. The Morgan fingerprint density at radius 2 is 2.21 bits per heavy atom. The molecule has 3 atom stereocenters. The zero-order valence-electron chi connectivity index (χ0n) is 11.0. The maximum atomic E-state index is 6.25. The first kappa shape index (κ1) is 13.1. The molecule has 0 spiro atoms. The molecular weight excluding hydrogens is 262 g/mol. The standard InChI is InChI=1S/C14H19NO3S/c1-9-14(4-5-16-9)19-7-11(15)10-2-3-12-13(6-10)18-8-17-12/h2-3,6,9,11,14H,4-5,7-8,15H2,1H3. The van der Waals surface area contributed by atoms with Gasteiger partial charge < -0.3 is 19.9 Å². The van der Waals surface area contributed by atoms with Crippen molar-refractivity contribution >= 4 is 11.8 Å². The number of rotatable bonds is 4. The molecule has 0 aliphatic carbocycles. The van der Waals surface area contributed by atoms with Gasteiger partial charge in [0.05, 0.1) is 6.10 Å². The molecule has 4 nitrogen and oxygen atoms in total. The summed E-state index contributed by atoms with van der Waals surface area (Å²) in [5.41, 5.74) is 7.35. The summed E-state index contributed by atoms with van der Waals surface area (Å²) >= 11 is 1.91. The summed E-state index contributed by atoms with van der Waals surface area (Å²) in [6.07, 6.45) is 1.47. The molecule has 3 unspecified atom stereocenters. The van der Waals surface area contributed by atoms with Crippen molar-refractivity contribution in [1.82, 2.24) is 0 Å². The molecule has 1 aromatic rings. The van der Waals surface area contributed by atoms with E-state index in [1.807, 2.05) is 30.0 Å². The Bertz CT molecular complexity index is 454. The number of fused-ring (bicyclic) bond motifs is 1. The zero-order chi connectivity index (χ0) is 13.2. The van der Waals surface area contributed by atoms with E-state index in [0.717, 1.165) is 35.8 Å². The molecule has 2 N–H and O–H groups in total. The first-order chi connectivity index (χ1) is 9.24. The Morgan fingerprint density at radius 3 is 3.00 bits per heavy atom. The van der Waals surface area contributed by atoms with Crippen LogP contribution in [-0.2, 0) is 4.74 Å². The minimum atomic E-state index is 0.0206. The van der Waals surface area contributed by atoms with Crippen LogP contribution in [0.25, 0.3) is 0 Å². The number of nitrogens with two attached hydrogens (primary N) is 1. The fourth-order valence-electron chi connectivity index (χ4n) is 2.40. The molecule has 0 bridgehead atoms. The van der Waals surface area contributed by atoms with Crippen LogP contribution in [0.1, 0.15) is 24.9 Å². The van der Waals surface area contributed by atoms with E-state index in [0.29, 0.717) is 18.1 Å². The lowest BCUT2D eigenvalue weighted by Crippen LogP contribution is -2.19. The van der Waals surface area contributed by atoms with Crippen LogP contribution < -0.4 is 15.2 Å². The van der Waals surface area contributed by atoms with Gasteiger partial charge in [0.25, 0.3) is 0 Å². The van der Waals surface area contributed by atoms with E-state index in [9.17, 15) is 0 Å². The Kier molecular flexibility index (Phi) is 3.86. The summed E-state index contributed by atoms with van der Waals surface area (Å²) in [7, 11) is 0. The van der Waals surface area contributed by atoms with Gasteiger partial charge in [0.1, 0.15) is 0 Å². The Balaban J connectivity index is 1.59. The van der Waals surface area contributed by atoms with Gasteiger partial charge in [-0.2, -0.15) is 11.8 Å². The molecule has 1 aromatic carbocycles. The summed E-state index contributed by atoms with van der Waals surface area (Å²) < 4.78 is 16.2. The molecule has 19 heavy (non-hydrogen) atoms. The van der Waals surface area contributed by atoms with E-state index in [1.165, 1.54) is 0 Å². The minimum absolute atomic E-state index is 0.0206. The van der Waals surface area contributed by atoms with Crippen LogP contribution in [0.3, 0.4) is 0 Å². The van der Waals surface area contributed by atoms with E-state index >= 15 is 0 Å². The van der Waals surface area contributed by atoms with E-state index in [-0.39, 0.29) is 6.04 Å². The summed E-state index contributed by atoms with van der Waals surface area (Å²) in [5.74, 6) is 2.51. The SMILES string of the molecule is CC1OCCC1SCC(N)c1ccc2c(c1)OCO2. The normalized spacial score (nSPS) is 26.6. The summed E-state index contributed by atoms with van der Waals surface area (Å²) in [6.45, 7) is 3.31. The van der Waals surface area contributed by atoms with E-state index in [2.05, 4.69) is 6.92 Å². The average Bonchev–Trinajstić information content (AvgIpc) is 3.03. The summed E-state index contributed by atoms with van der Waals surface area (Å²) in [4.78, 5) is 0. The van der Waals surface area contributed by atoms with Crippen LogP contribution in [-0.4, -0.2) is 30.5 Å². The first-order valence-corrected chi connectivity index (χ1v) is 7.67. The zero-order valence-corrected chi connectivity index (χ0v) is 11.8. The van der Waals surface area contributed by atoms with Crippen LogP contribution in [0.5, 0.6) is 11.5 Å². The minimum Gasteiger partial charge on any atom is -0.454 e. The lowest BCUT2D eigenvalue weighted by atomic mass is 10.1. The molecule has 2 heterocycles. The van der Waals surface area contributed by atoms with Gasteiger partial charge in [0.2, 0.25) is 6.79 Å². The number of hydrogen-bond acceptors (Lipinski definition) is 5. The first-order valence-electron chi connectivity index (χ1n) is 6.62.